The number of piperidine rings is 1. The summed E-state index contributed by atoms with van der Waals surface area (Å²) >= 11 is 1.35. The molecule has 0 aliphatic carbocycles. The van der Waals surface area contributed by atoms with E-state index in [0.717, 1.165) is 10.4 Å². The molecule has 0 bridgehead atoms. The Hall–Kier alpha value is -2.38. The summed E-state index contributed by atoms with van der Waals surface area (Å²) in [5.74, 6) is -0.927. The number of carbonyl (C=O) groups is 2. The van der Waals surface area contributed by atoms with Gasteiger partial charge in [-0.15, -0.1) is 11.3 Å². The number of carboxylic acid groups (broad SMARTS) is 1. The van der Waals surface area contributed by atoms with Gasteiger partial charge >= 0.3 is 5.97 Å². The Morgan fingerprint density at radius 1 is 1.20 bits per heavy atom. The molecule has 0 unspecified atom stereocenters. The molecule has 1 aliphatic heterocycles. The molecule has 1 aromatic carbocycles. The largest absolute Gasteiger partial charge is 0.495 e. The van der Waals surface area contributed by atoms with Crippen molar-refractivity contribution in [2.75, 3.05) is 20.2 Å². The number of likely N-dealkylation sites (tertiary alicyclic amines) is 1. The zero-order chi connectivity index (χ0) is 18.0. The summed E-state index contributed by atoms with van der Waals surface area (Å²) in [6.07, 6.45) is 0.0423. The van der Waals surface area contributed by atoms with E-state index in [1.807, 2.05) is 36.4 Å². The summed E-state index contributed by atoms with van der Waals surface area (Å²) in [7, 11) is 1.52. The lowest BCUT2D eigenvalue weighted by atomic mass is 9.91. The summed E-state index contributed by atoms with van der Waals surface area (Å²) < 4.78 is 5.36. The maximum absolute atomic E-state index is 12.8. The minimum absolute atomic E-state index is 0.0211. The van der Waals surface area contributed by atoms with Gasteiger partial charge in [0, 0.05) is 30.8 Å². The first-order valence-corrected chi connectivity index (χ1v) is 8.74. The third-order valence-corrected chi connectivity index (χ3v) is 5.60. The van der Waals surface area contributed by atoms with Gasteiger partial charge in [-0.1, -0.05) is 30.3 Å². The van der Waals surface area contributed by atoms with Gasteiger partial charge in [0.25, 0.3) is 5.91 Å². The highest BCUT2D eigenvalue weighted by molar-refractivity contribution is 7.17. The lowest BCUT2D eigenvalue weighted by Gasteiger charge is -2.35. The van der Waals surface area contributed by atoms with Crippen LogP contribution in [0.1, 0.15) is 22.5 Å². The van der Waals surface area contributed by atoms with Crippen LogP contribution < -0.4 is 4.74 Å². The number of thiophene rings is 1. The zero-order valence-electron chi connectivity index (χ0n) is 13.8. The summed E-state index contributed by atoms with van der Waals surface area (Å²) in [6, 6.07) is 11.6. The van der Waals surface area contributed by atoms with Crippen molar-refractivity contribution in [3.63, 3.8) is 0 Å². The van der Waals surface area contributed by atoms with E-state index in [1.54, 1.807) is 4.90 Å². The number of aliphatic carboxylic acids is 1. The van der Waals surface area contributed by atoms with Gasteiger partial charge < -0.3 is 19.8 Å². The van der Waals surface area contributed by atoms with E-state index in [-0.39, 0.29) is 31.8 Å². The molecule has 1 saturated heterocycles. The standard InChI is InChI=1S/C18H19NO5S/c1-24-13-11-14(12-5-3-2-4-6-12)25-15(13)16(20)19-9-7-18(23,8-10-19)17(21)22/h2-6,11,23H,7-10H2,1H3,(H,21,22). The summed E-state index contributed by atoms with van der Waals surface area (Å²) in [5, 5.41) is 19.1. The maximum atomic E-state index is 12.8. The molecule has 2 N–H and O–H groups in total. The highest BCUT2D eigenvalue weighted by Gasteiger charge is 2.41. The molecule has 1 aliphatic rings. The number of carboxylic acids is 1. The fourth-order valence-electron chi connectivity index (χ4n) is 2.86. The fraction of sp³-hybridized carbons (Fsp3) is 0.333. The van der Waals surface area contributed by atoms with Crippen molar-refractivity contribution in [1.82, 2.24) is 4.90 Å². The highest BCUT2D eigenvalue weighted by Crippen LogP contribution is 2.37. The summed E-state index contributed by atoms with van der Waals surface area (Å²) in [6.45, 7) is 0.396. The van der Waals surface area contributed by atoms with Crippen LogP contribution in [0, 0.1) is 0 Å². The molecular weight excluding hydrogens is 342 g/mol. The molecule has 7 heteroatoms. The maximum Gasteiger partial charge on any atom is 0.335 e. The van der Waals surface area contributed by atoms with Gasteiger partial charge in [0.05, 0.1) is 7.11 Å². The van der Waals surface area contributed by atoms with Crippen LogP contribution in [0.15, 0.2) is 36.4 Å². The van der Waals surface area contributed by atoms with Crippen LogP contribution in [0.5, 0.6) is 5.75 Å². The number of methoxy groups -OCH3 is 1. The number of ether oxygens (including phenoxy) is 1. The molecule has 0 spiro atoms. The van der Waals surface area contributed by atoms with Gasteiger partial charge in [0.1, 0.15) is 10.6 Å². The van der Waals surface area contributed by atoms with E-state index in [9.17, 15) is 14.7 Å². The van der Waals surface area contributed by atoms with Crippen molar-refractivity contribution < 1.29 is 24.5 Å². The van der Waals surface area contributed by atoms with Crippen molar-refractivity contribution in [3.05, 3.63) is 41.3 Å². The Morgan fingerprint density at radius 3 is 2.40 bits per heavy atom. The first kappa shape index (κ1) is 17.4. The topological polar surface area (TPSA) is 87.1 Å². The van der Waals surface area contributed by atoms with Crippen LogP contribution in [-0.4, -0.2) is 52.8 Å². The number of hydrogen-bond donors (Lipinski definition) is 2. The molecular formula is C18H19NO5S. The van der Waals surface area contributed by atoms with Crippen molar-refractivity contribution in [2.24, 2.45) is 0 Å². The Kier molecular flexibility index (Phi) is 4.78. The number of carbonyl (C=O) groups excluding carboxylic acids is 1. The fourth-order valence-corrected chi connectivity index (χ4v) is 3.96. The molecule has 3 rings (SSSR count). The van der Waals surface area contributed by atoms with E-state index in [2.05, 4.69) is 0 Å². The smallest absolute Gasteiger partial charge is 0.335 e. The van der Waals surface area contributed by atoms with Crippen molar-refractivity contribution in [1.29, 1.82) is 0 Å². The number of amides is 1. The summed E-state index contributed by atoms with van der Waals surface area (Å²) in [4.78, 5) is 26.9. The molecule has 1 amide bonds. The van der Waals surface area contributed by atoms with Crippen molar-refractivity contribution >= 4 is 23.2 Å². The lowest BCUT2D eigenvalue weighted by molar-refractivity contribution is -0.162. The molecule has 132 valence electrons. The SMILES string of the molecule is COc1cc(-c2ccccc2)sc1C(=O)N1CCC(O)(C(=O)O)CC1. The van der Waals surface area contributed by atoms with E-state index in [1.165, 1.54) is 18.4 Å². The Bertz CT molecular complexity index is 778. The number of nitrogens with zero attached hydrogens (tertiary/aromatic N) is 1. The molecule has 25 heavy (non-hydrogen) atoms. The average molecular weight is 361 g/mol. The van der Waals surface area contributed by atoms with Crippen LogP contribution in [0.4, 0.5) is 0 Å². The number of hydrogen-bond acceptors (Lipinski definition) is 5. The molecule has 0 saturated carbocycles. The van der Waals surface area contributed by atoms with Gasteiger partial charge in [-0.2, -0.15) is 0 Å². The van der Waals surface area contributed by atoms with Crippen molar-refractivity contribution in [3.8, 4) is 16.2 Å². The Balaban J connectivity index is 1.81. The van der Waals surface area contributed by atoms with Gasteiger partial charge in [-0.05, 0) is 11.6 Å². The quantitative estimate of drug-likeness (QED) is 0.874. The van der Waals surface area contributed by atoms with Crippen LogP contribution >= 0.6 is 11.3 Å². The van der Waals surface area contributed by atoms with Gasteiger partial charge in [0.15, 0.2) is 5.60 Å². The lowest BCUT2D eigenvalue weighted by Crippen LogP contribution is -2.50. The highest BCUT2D eigenvalue weighted by atomic mass is 32.1. The third-order valence-electron chi connectivity index (χ3n) is 4.45. The molecule has 2 heterocycles. The monoisotopic (exact) mass is 361 g/mol. The first-order chi connectivity index (χ1) is 11.9. The van der Waals surface area contributed by atoms with E-state index in [0.29, 0.717) is 10.6 Å². The third kappa shape index (κ3) is 3.38. The van der Waals surface area contributed by atoms with Gasteiger partial charge in [-0.3, -0.25) is 4.79 Å². The second-order valence-corrected chi connectivity index (χ2v) is 7.06. The second-order valence-electron chi connectivity index (χ2n) is 6.00. The van der Waals surface area contributed by atoms with Gasteiger partial charge in [0.2, 0.25) is 0 Å². The van der Waals surface area contributed by atoms with Crippen LogP contribution in [0.25, 0.3) is 10.4 Å². The summed E-state index contributed by atoms with van der Waals surface area (Å²) in [5.41, 5.74) is -0.741. The number of rotatable bonds is 4. The van der Waals surface area contributed by atoms with Crippen LogP contribution in [-0.2, 0) is 4.79 Å². The molecule has 1 aromatic heterocycles. The predicted molar refractivity (Wildman–Crippen MR) is 94.0 cm³/mol. The molecule has 6 nitrogen and oxygen atoms in total. The van der Waals surface area contributed by atoms with Crippen molar-refractivity contribution in [2.45, 2.75) is 18.4 Å². The molecule has 0 radical (unpaired) electrons. The average Bonchev–Trinajstić information content (AvgIpc) is 3.07. The Labute approximate surface area is 149 Å². The zero-order valence-corrected chi connectivity index (χ0v) is 14.6. The predicted octanol–water partition coefficient (Wildman–Crippen LogP) is 2.48. The second kappa shape index (κ2) is 6.85. The normalized spacial score (nSPS) is 16.5. The number of benzene rings is 1. The van der Waals surface area contributed by atoms with Gasteiger partial charge in [-0.25, -0.2) is 4.79 Å². The van der Waals surface area contributed by atoms with E-state index < -0.39 is 11.6 Å². The minimum atomic E-state index is -1.74. The molecule has 0 atom stereocenters. The number of aliphatic hydroxyl groups is 1. The Morgan fingerprint density at radius 2 is 1.84 bits per heavy atom. The van der Waals surface area contributed by atoms with Crippen LogP contribution in [0.2, 0.25) is 0 Å². The first-order valence-electron chi connectivity index (χ1n) is 7.93. The van der Waals surface area contributed by atoms with E-state index >= 15 is 0 Å². The van der Waals surface area contributed by atoms with Crippen LogP contribution in [0.3, 0.4) is 0 Å². The molecule has 2 aromatic rings. The molecule has 1 fully saturated rings. The minimum Gasteiger partial charge on any atom is -0.495 e. The van der Waals surface area contributed by atoms with E-state index in [4.69, 9.17) is 9.84 Å².